The lowest BCUT2D eigenvalue weighted by Crippen LogP contribution is -2.31. The highest BCUT2D eigenvalue weighted by Gasteiger charge is 2.31. The second-order valence-corrected chi connectivity index (χ2v) is 5.13. The fraction of sp³-hybridized carbons (Fsp3) is 0.385. The average molecular weight is 337 g/mol. The second kappa shape index (κ2) is 7.92. The lowest BCUT2D eigenvalue weighted by Gasteiger charge is -2.18. The number of hydrogen-bond acceptors (Lipinski definition) is 4. The lowest BCUT2D eigenvalue weighted by molar-refractivity contribution is -0.274. The van der Waals surface area contributed by atoms with Crippen LogP contribution in [0.2, 0.25) is 0 Å². The first-order valence-electron chi connectivity index (χ1n) is 6.07. The van der Waals surface area contributed by atoms with E-state index in [-0.39, 0.29) is 18.1 Å². The van der Waals surface area contributed by atoms with Gasteiger partial charge in [-0.3, -0.25) is 9.59 Å². The molecule has 0 bridgehead atoms. The largest absolute Gasteiger partial charge is 0.573 e. The summed E-state index contributed by atoms with van der Waals surface area (Å²) in [7, 11) is 0. The Hall–Kier alpha value is -1.90. The molecule has 0 radical (unpaired) electrons. The van der Waals surface area contributed by atoms with E-state index in [1.807, 2.05) is 0 Å². The maximum atomic E-state index is 12.1. The topological polar surface area (TPSA) is 75.6 Å². The Labute approximate surface area is 128 Å². The molecular formula is C13H14F3NO4S. The van der Waals surface area contributed by atoms with Crippen LogP contribution in [0.25, 0.3) is 0 Å². The number of aliphatic carboxylic acids is 1. The molecule has 0 heterocycles. The van der Waals surface area contributed by atoms with Crippen LogP contribution < -0.4 is 10.1 Å². The molecule has 1 rings (SSSR count). The summed E-state index contributed by atoms with van der Waals surface area (Å²) in [6, 6.07) is 3.89. The van der Waals surface area contributed by atoms with Crippen molar-refractivity contribution in [1.29, 1.82) is 0 Å². The van der Waals surface area contributed by atoms with Crippen LogP contribution in [0.1, 0.15) is 18.0 Å². The fourth-order valence-corrected chi connectivity index (χ4v) is 2.04. The summed E-state index contributed by atoms with van der Waals surface area (Å²) in [6.07, 6.45) is -3.46. The molecule has 5 nitrogen and oxygen atoms in total. The van der Waals surface area contributed by atoms with E-state index in [1.54, 1.807) is 6.26 Å². The van der Waals surface area contributed by atoms with Crippen molar-refractivity contribution in [1.82, 2.24) is 5.32 Å². The second-order valence-electron chi connectivity index (χ2n) is 4.27. The van der Waals surface area contributed by atoms with Crippen molar-refractivity contribution in [3.63, 3.8) is 0 Å². The zero-order valence-corrected chi connectivity index (χ0v) is 12.3. The van der Waals surface area contributed by atoms with Gasteiger partial charge in [0.25, 0.3) is 0 Å². The number of thioether (sulfide) groups is 1. The van der Waals surface area contributed by atoms with Crippen LogP contribution in [0.3, 0.4) is 0 Å². The van der Waals surface area contributed by atoms with Crippen LogP contribution in [0.4, 0.5) is 13.2 Å². The summed E-state index contributed by atoms with van der Waals surface area (Å²) >= 11 is 1.27. The van der Waals surface area contributed by atoms with Crippen molar-refractivity contribution in [2.75, 3.05) is 12.0 Å². The minimum Gasteiger partial charge on any atom is -0.481 e. The van der Waals surface area contributed by atoms with Crippen molar-refractivity contribution < 1.29 is 32.6 Å². The quantitative estimate of drug-likeness (QED) is 0.800. The number of hydrogen-bond donors (Lipinski definition) is 2. The van der Waals surface area contributed by atoms with E-state index >= 15 is 0 Å². The van der Waals surface area contributed by atoms with E-state index in [4.69, 9.17) is 5.11 Å². The molecule has 0 aromatic heterocycles. The molecule has 0 aliphatic carbocycles. The fourth-order valence-electron chi connectivity index (χ4n) is 1.70. The molecule has 0 aliphatic heterocycles. The van der Waals surface area contributed by atoms with Crippen molar-refractivity contribution in [2.45, 2.75) is 18.8 Å². The Balaban J connectivity index is 2.85. The zero-order valence-electron chi connectivity index (χ0n) is 11.5. The number of ether oxygens (including phenoxy) is 1. The van der Waals surface area contributed by atoms with E-state index in [9.17, 15) is 22.8 Å². The molecule has 1 unspecified atom stereocenters. The third kappa shape index (κ3) is 6.70. The van der Waals surface area contributed by atoms with Gasteiger partial charge in [0.15, 0.2) is 0 Å². The highest BCUT2D eigenvalue weighted by Crippen LogP contribution is 2.25. The predicted molar refractivity (Wildman–Crippen MR) is 74.6 cm³/mol. The molecule has 0 spiro atoms. The number of benzene rings is 1. The van der Waals surface area contributed by atoms with Gasteiger partial charge in [-0.25, -0.2) is 0 Å². The van der Waals surface area contributed by atoms with E-state index in [1.165, 1.54) is 23.9 Å². The molecule has 0 aliphatic rings. The third-order valence-electron chi connectivity index (χ3n) is 2.51. The summed E-state index contributed by atoms with van der Waals surface area (Å²) in [4.78, 5) is 22.4. The van der Waals surface area contributed by atoms with Gasteiger partial charge < -0.3 is 15.2 Å². The smallest absolute Gasteiger partial charge is 0.481 e. The Morgan fingerprint density at radius 3 is 2.36 bits per heavy atom. The Bertz CT molecular complexity index is 519. The van der Waals surface area contributed by atoms with E-state index in [0.717, 1.165) is 12.1 Å². The summed E-state index contributed by atoms with van der Waals surface area (Å²) in [5.74, 6) is -1.74. The van der Waals surface area contributed by atoms with Gasteiger partial charge >= 0.3 is 12.3 Å². The number of carbonyl (C=O) groups is 2. The minimum atomic E-state index is -4.80. The Morgan fingerprint density at radius 1 is 1.32 bits per heavy atom. The molecule has 0 saturated heterocycles. The predicted octanol–water partition coefficient (Wildman–Crippen LogP) is 2.58. The average Bonchev–Trinajstić information content (AvgIpc) is 2.36. The zero-order chi connectivity index (χ0) is 16.8. The van der Waals surface area contributed by atoms with Crippen molar-refractivity contribution >= 4 is 23.6 Å². The summed E-state index contributed by atoms with van der Waals surface area (Å²) in [5.41, 5.74) is 0.381. The molecule has 0 saturated carbocycles. The van der Waals surface area contributed by atoms with Crippen molar-refractivity contribution in [3.8, 4) is 5.75 Å². The van der Waals surface area contributed by atoms with Crippen molar-refractivity contribution in [3.05, 3.63) is 29.8 Å². The molecule has 9 heteroatoms. The van der Waals surface area contributed by atoms with Gasteiger partial charge in [-0.2, -0.15) is 11.8 Å². The van der Waals surface area contributed by atoms with Gasteiger partial charge in [0, 0.05) is 0 Å². The standard InChI is InChI=1S/C13H14F3NO4S/c1-22-7-11(18)17-10(6-12(19)20)8-2-4-9(5-3-8)21-13(14,15)16/h2-5,10H,6-7H2,1H3,(H,17,18)(H,19,20). The summed E-state index contributed by atoms with van der Waals surface area (Å²) in [5, 5.41) is 11.4. The SMILES string of the molecule is CSCC(=O)NC(CC(=O)O)c1ccc(OC(F)(F)F)cc1. The molecule has 1 atom stereocenters. The number of carboxylic acids is 1. The number of nitrogens with one attached hydrogen (secondary N) is 1. The van der Waals surface area contributed by atoms with Gasteiger partial charge in [-0.15, -0.1) is 13.2 Å². The molecule has 1 aromatic carbocycles. The monoisotopic (exact) mass is 337 g/mol. The van der Waals surface area contributed by atoms with E-state index in [2.05, 4.69) is 10.1 Å². The minimum absolute atomic E-state index is 0.158. The summed E-state index contributed by atoms with van der Waals surface area (Å²) in [6.45, 7) is 0. The number of alkyl halides is 3. The Kier molecular flexibility index (Phi) is 6.54. The molecule has 1 aromatic rings. The number of amides is 1. The normalized spacial score (nSPS) is 12.5. The lowest BCUT2D eigenvalue weighted by atomic mass is 10.0. The molecule has 2 N–H and O–H groups in total. The van der Waals surface area contributed by atoms with Crippen LogP contribution in [-0.2, 0) is 9.59 Å². The third-order valence-corrected chi connectivity index (χ3v) is 3.06. The van der Waals surface area contributed by atoms with Crippen LogP contribution >= 0.6 is 11.8 Å². The number of rotatable bonds is 7. The van der Waals surface area contributed by atoms with Crippen molar-refractivity contribution in [2.24, 2.45) is 0 Å². The van der Waals surface area contributed by atoms with Gasteiger partial charge in [-0.1, -0.05) is 12.1 Å². The van der Waals surface area contributed by atoms with Crippen LogP contribution in [0, 0.1) is 0 Å². The van der Waals surface area contributed by atoms with Gasteiger partial charge in [-0.05, 0) is 24.0 Å². The first-order chi connectivity index (χ1) is 10.2. The molecule has 22 heavy (non-hydrogen) atoms. The Morgan fingerprint density at radius 2 is 1.91 bits per heavy atom. The maximum absolute atomic E-state index is 12.1. The van der Waals surface area contributed by atoms with Crippen LogP contribution in [-0.4, -0.2) is 35.4 Å². The van der Waals surface area contributed by atoms with Crippen LogP contribution in [0.5, 0.6) is 5.75 Å². The van der Waals surface area contributed by atoms with E-state index in [0.29, 0.717) is 5.56 Å². The highest BCUT2D eigenvalue weighted by atomic mass is 32.2. The number of carboxylic acid groups (broad SMARTS) is 1. The first kappa shape index (κ1) is 18.1. The molecule has 0 fully saturated rings. The van der Waals surface area contributed by atoms with Crippen LogP contribution in [0.15, 0.2) is 24.3 Å². The van der Waals surface area contributed by atoms with Gasteiger partial charge in [0.05, 0.1) is 18.2 Å². The highest BCUT2D eigenvalue weighted by molar-refractivity contribution is 7.99. The number of carbonyl (C=O) groups excluding carboxylic acids is 1. The van der Waals surface area contributed by atoms with Gasteiger partial charge in [0.1, 0.15) is 5.75 Å². The van der Waals surface area contributed by atoms with E-state index < -0.39 is 24.1 Å². The molecule has 122 valence electrons. The molecular weight excluding hydrogens is 323 g/mol. The number of halogens is 3. The molecule has 1 amide bonds. The summed E-state index contributed by atoms with van der Waals surface area (Å²) < 4.78 is 39.9. The maximum Gasteiger partial charge on any atom is 0.573 e. The first-order valence-corrected chi connectivity index (χ1v) is 7.46. The van der Waals surface area contributed by atoms with Gasteiger partial charge in [0.2, 0.25) is 5.91 Å².